The zero-order valence-electron chi connectivity index (χ0n) is 19.1. The van der Waals surface area contributed by atoms with Gasteiger partial charge >= 0.3 is 0 Å². The van der Waals surface area contributed by atoms with Crippen molar-refractivity contribution in [2.24, 2.45) is 0 Å². The second kappa shape index (κ2) is 11.9. The van der Waals surface area contributed by atoms with Crippen molar-refractivity contribution in [1.29, 1.82) is 0 Å². The van der Waals surface area contributed by atoms with E-state index in [1.165, 1.54) is 5.56 Å². The highest BCUT2D eigenvalue weighted by atomic mass is 79.9. The van der Waals surface area contributed by atoms with Crippen LogP contribution in [0.4, 0.5) is 0 Å². The summed E-state index contributed by atoms with van der Waals surface area (Å²) in [6, 6.07) is 13.3. The van der Waals surface area contributed by atoms with Gasteiger partial charge in [-0.3, -0.25) is 9.59 Å². The van der Waals surface area contributed by atoms with Crippen molar-refractivity contribution in [3.8, 4) is 5.75 Å². The van der Waals surface area contributed by atoms with Gasteiger partial charge in [0.05, 0.1) is 4.47 Å². The largest absolute Gasteiger partial charge is 0.483 e. The summed E-state index contributed by atoms with van der Waals surface area (Å²) < 4.78 is 6.65. The number of rotatable bonds is 10. The molecule has 2 rings (SSSR count). The van der Waals surface area contributed by atoms with Crippen LogP contribution in [0.15, 0.2) is 46.9 Å². The minimum Gasteiger partial charge on any atom is -0.483 e. The molecule has 5 nitrogen and oxygen atoms in total. The van der Waals surface area contributed by atoms with Crippen LogP contribution in [0.5, 0.6) is 5.75 Å². The fourth-order valence-corrected chi connectivity index (χ4v) is 3.83. The van der Waals surface area contributed by atoms with Crippen molar-refractivity contribution in [2.45, 2.75) is 59.5 Å². The summed E-state index contributed by atoms with van der Waals surface area (Å²) >= 11 is 3.54. The van der Waals surface area contributed by atoms with Gasteiger partial charge in [-0.25, -0.2) is 0 Å². The van der Waals surface area contributed by atoms with Crippen molar-refractivity contribution in [3.05, 3.63) is 63.6 Å². The van der Waals surface area contributed by atoms with Crippen LogP contribution in [0, 0.1) is 6.92 Å². The molecule has 0 aliphatic carbocycles. The Kier molecular flexibility index (Phi) is 9.56. The third kappa shape index (κ3) is 7.10. The lowest BCUT2D eigenvalue weighted by atomic mass is 10.0. The average molecular weight is 489 g/mol. The van der Waals surface area contributed by atoms with Gasteiger partial charge < -0.3 is 15.0 Å². The third-order valence-electron chi connectivity index (χ3n) is 5.18. The molecule has 0 heterocycles. The van der Waals surface area contributed by atoms with Gasteiger partial charge in [-0.1, -0.05) is 56.7 Å². The van der Waals surface area contributed by atoms with E-state index in [0.29, 0.717) is 31.2 Å². The molecule has 0 bridgehead atoms. The smallest absolute Gasteiger partial charge is 0.261 e. The number of hydrogen-bond donors (Lipinski definition) is 1. The van der Waals surface area contributed by atoms with E-state index in [9.17, 15) is 9.59 Å². The van der Waals surface area contributed by atoms with E-state index in [0.717, 1.165) is 15.6 Å². The summed E-state index contributed by atoms with van der Waals surface area (Å²) in [5.41, 5.74) is 3.31. The SMILES string of the molecule is CCNC(=O)[C@H](CC)N(Cc1ccc(C)cc1)C(=O)COc1ccc(C(C)C)cc1Br. The number of carbonyl (C=O) groups excluding carboxylic acids is 2. The Morgan fingerprint density at radius 1 is 1.10 bits per heavy atom. The number of ether oxygens (including phenoxy) is 1. The quantitative estimate of drug-likeness (QED) is 0.499. The van der Waals surface area contributed by atoms with Gasteiger partial charge in [0.2, 0.25) is 5.91 Å². The monoisotopic (exact) mass is 488 g/mol. The second-order valence-corrected chi connectivity index (χ2v) is 8.81. The molecule has 0 aliphatic heterocycles. The van der Waals surface area contributed by atoms with E-state index in [-0.39, 0.29) is 18.4 Å². The standard InChI is InChI=1S/C25H33BrN2O3/c1-6-22(25(30)27-7-2)28(15-19-10-8-18(5)9-11-19)24(29)16-31-23-13-12-20(17(3)4)14-21(23)26/h8-14,17,22H,6-7,15-16H2,1-5H3,(H,27,30)/t22-/m0/s1. The lowest BCUT2D eigenvalue weighted by Crippen LogP contribution is -2.50. The summed E-state index contributed by atoms with van der Waals surface area (Å²) in [5, 5.41) is 2.85. The second-order valence-electron chi connectivity index (χ2n) is 7.96. The fraction of sp³-hybridized carbons (Fsp3) is 0.440. The number of aryl methyl sites for hydroxylation is 1. The van der Waals surface area contributed by atoms with Crippen molar-refractivity contribution < 1.29 is 14.3 Å². The maximum absolute atomic E-state index is 13.2. The predicted octanol–water partition coefficient (Wildman–Crippen LogP) is 5.20. The first-order chi connectivity index (χ1) is 14.8. The maximum atomic E-state index is 13.2. The Labute approximate surface area is 194 Å². The molecule has 1 atom stereocenters. The molecule has 0 saturated heterocycles. The molecular formula is C25H33BrN2O3. The number of likely N-dealkylation sites (N-methyl/N-ethyl adjacent to an activating group) is 1. The Balaban J connectivity index is 2.20. The third-order valence-corrected chi connectivity index (χ3v) is 5.80. The summed E-state index contributed by atoms with van der Waals surface area (Å²) in [7, 11) is 0. The zero-order chi connectivity index (χ0) is 23.0. The summed E-state index contributed by atoms with van der Waals surface area (Å²) in [6.07, 6.45) is 0.524. The van der Waals surface area contributed by atoms with E-state index < -0.39 is 6.04 Å². The molecular weight excluding hydrogens is 456 g/mol. The lowest BCUT2D eigenvalue weighted by molar-refractivity contribution is -0.142. The van der Waals surface area contributed by atoms with Gasteiger partial charge in [-0.15, -0.1) is 0 Å². The topological polar surface area (TPSA) is 58.6 Å². The molecule has 0 unspecified atom stereocenters. The van der Waals surface area contributed by atoms with Crippen LogP contribution in [-0.4, -0.2) is 35.9 Å². The summed E-state index contributed by atoms with van der Waals surface area (Å²) in [5.74, 6) is 0.643. The van der Waals surface area contributed by atoms with Crippen LogP contribution < -0.4 is 10.1 Å². The fourth-order valence-electron chi connectivity index (χ4n) is 3.32. The minimum absolute atomic E-state index is 0.138. The Morgan fingerprint density at radius 2 is 1.77 bits per heavy atom. The molecule has 2 aromatic rings. The molecule has 0 fully saturated rings. The predicted molar refractivity (Wildman–Crippen MR) is 128 cm³/mol. The molecule has 0 aliphatic rings. The van der Waals surface area contributed by atoms with Crippen molar-refractivity contribution in [3.63, 3.8) is 0 Å². The van der Waals surface area contributed by atoms with Crippen LogP contribution in [-0.2, 0) is 16.1 Å². The summed E-state index contributed by atoms with van der Waals surface area (Å²) in [4.78, 5) is 27.4. The molecule has 0 saturated carbocycles. The lowest BCUT2D eigenvalue weighted by Gasteiger charge is -2.30. The zero-order valence-corrected chi connectivity index (χ0v) is 20.7. The molecule has 2 amide bonds. The molecule has 0 aromatic heterocycles. The van der Waals surface area contributed by atoms with Crippen LogP contribution >= 0.6 is 15.9 Å². The number of amides is 2. The van der Waals surface area contributed by atoms with Crippen molar-refractivity contribution in [1.82, 2.24) is 10.2 Å². The van der Waals surface area contributed by atoms with Gasteiger partial charge in [0.25, 0.3) is 5.91 Å². The Hall–Kier alpha value is -2.34. The molecule has 2 aromatic carbocycles. The number of hydrogen-bond acceptors (Lipinski definition) is 3. The molecule has 1 N–H and O–H groups in total. The van der Waals surface area contributed by atoms with E-state index in [1.54, 1.807) is 4.90 Å². The van der Waals surface area contributed by atoms with Gasteiger partial charge in [0.1, 0.15) is 11.8 Å². The maximum Gasteiger partial charge on any atom is 0.261 e. The first-order valence-electron chi connectivity index (χ1n) is 10.8. The number of nitrogens with zero attached hydrogens (tertiary/aromatic N) is 1. The van der Waals surface area contributed by atoms with Crippen LogP contribution in [0.25, 0.3) is 0 Å². The van der Waals surface area contributed by atoms with E-state index >= 15 is 0 Å². The molecule has 0 radical (unpaired) electrons. The number of nitrogens with one attached hydrogen (secondary N) is 1. The van der Waals surface area contributed by atoms with Gasteiger partial charge in [-0.2, -0.15) is 0 Å². The van der Waals surface area contributed by atoms with Gasteiger partial charge in [0.15, 0.2) is 6.61 Å². The van der Waals surface area contributed by atoms with Crippen LogP contribution in [0.1, 0.15) is 56.7 Å². The van der Waals surface area contributed by atoms with Crippen molar-refractivity contribution >= 4 is 27.7 Å². The number of benzene rings is 2. The van der Waals surface area contributed by atoms with Crippen LogP contribution in [0.3, 0.4) is 0 Å². The van der Waals surface area contributed by atoms with Gasteiger partial charge in [-0.05, 0) is 65.4 Å². The highest BCUT2D eigenvalue weighted by molar-refractivity contribution is 9.10. The van der Waals surface area contributed by atoms with E-state index in [1.807, 2.05) is 63.2 Å². The molecule has 6 heteroatoms. The van der Waals surface area contributed by atoms with E-state index in [2.05, 4.69) is 35.1 Å². The minimum atomic E-state index is -0.552. The molecule has 0 spiro atoms. The molecule has 168 valence electrons. The van der Waals surface area contributed by atoms with Crippen molar-refractivity contribution in [2.75, 3.05) is 13.2 Å². The van der Waals surface area contributed by atoms with Gasteiger partial charge in [0, 0.05) is 13.1 Å². The Bertz CT molecular complexity index is 881. The number of carbonyl (C=O) groups is 2. The van der Waals surface area contributed by atoms with Crippen LogP contribution in [0.2, 0.25) is 0 Å². The summed E-state index contributed by atoms with van der Waals surface area (Å²) in [6.45, 7) is 10.8. The average Bonchev–Trinajstić information content (AvgIpc) is 2.74. The first-order valence-corrected chi connectivity index (χ1v) is 11.6. The highest BCUT2D eigenvalue weighted by Gasteiger charge is 2.28. The highest BCUT2D eigenvalue weighted by Crippen LogP contribution is 2.29. The Morgan fingerprint density at radius 3 is 2.32 bits per heavy atom. The number of halogens is 1. The molecule has 31 heavy (non-hydrogen) atoms. The van der Waals surface area contributed by atoms with E-state index in [4.69, 9.17) is 4.74 Å². The normalized spacial score (nSPS) is 11.8. The first kappa shape index (κ1) is 24.9.